The molecular weight excluding hydrogens is 244 g/mol. The zero-order chi connectivity index (χ0) is 12.2. The fraction of sp³-hybridized carbons (Fsp3) is 0.800. The highest BCUT2D eigenvalue weighted by Crippen LogP contribution is 2.22. The molecule has 2 amide bonds. The molecule has 0 saturated carbocycles. The van der Waals surface area contributed by atoms with Crippen LogP contribution in [0, 0.1) is 0 Å². The van der Waals surface area contributed by atoms with Crippen LogP contribution in [0.15, 0.2) is 0 Å². The second-order valence-electron chi connectivity index (χ2n) is 3.05. The molecule has 0 aromatic carbocycles. The summed E-state index contributed by atoms with van der Waals surface area (Å²) in [4.78, 5) is 22.1. The van der Waals surface area contributed by atoms with Crippen LogP contribution in [0.25, 0.3) is 0 Å². The molecule has 0 aliphatic heterocycles. The third-order valence-corrected chi connectivity index (χ3v) is 4.06. The Bertz CT molecular complexity index is 191. The summed E-state index contributed by atoms with van der Waals surface area (Å²) >= 11 is 0. The van der Waals surface area contributed by atoms with Crippen LogP contribution >= 0.6 is 21.6 Å². The summed E-state index contributed by atoms with van der Waals surface area (Å²) in [6.07, 6.45) is 1.10. The first-order valence-electron chi connectivity index (χ1n) is 5.48. The Hall–Kier alpha value is -0.360. The molecule has 0 aliphatic rings. The van der Waals surface area contributed by atoms with Crippen LogP contribution in [0.2, 0.25) is 0 Å². The number of amides is 2. The minimum absolute atomic E-state index is 0.0966. The maximum Gasteiger partial charge on any atom is 0.220 e. The van der Waals surface area contributed by atoms with E-state index in [-0.39, 0.29) is 11.8 Å². The Morgan fingerprint density at radius 2 is 1.25 bits per heavy atom. The van der Waals surface area contributed by atoms with Crippen molar-refractivity contribution in [3.8, 4) is 0 Å². The fourth-order valence-electron chi connectivity index (χ4n) is 0.958. The van der Waals surface area contributed by atoms with Gasteiger partial charge in [0.1, 0.15) is 0 Å². The van der Waals surface area contributed by atoms with E-state index in [1.54, 1.807) is 21.6 Å². The van der Waals surface area contributed by atoms with Crippen LogP contribution in [0.1, 0.15) is 26.7 Å². The lowest BCUT2D eigenvalue weighted by Gasteiger charge is -2.02. The van der Waals surface area contributed by atoms with E-state index in [0.29, 0.717) is 25.9 Å². The van der Waals surface area contributed by atoms with E-state index in [1.165, 1.54) is 0 Å². The van der Waals surface area contributed by atoms with Crippen LogP contribution in [0.5, 0.6) is 0 Å². The predicted octanol–water partition coefficient (Wildman–Crippen LogP) is 1.42. The molecule has 16 heavy (non-hydrogen) atoms. The van der Waals surface area contributed by atoms with Gasteiger partial charge < -0.3 is 10.6 Å². The highest BCUT2D eigenvalue weighted by atomic mass is 33.1. The molecule has 0 atom stereocenters. The molecule has 0 unspecified atom stereocenters. The Labute approximate surface area is 105 Å². The Morgan fingerprint density at radius 1 is 0.875 bits per heavy atom. The molecular formula is C10H20N2O2S2. The molecule has 0 heterocycles. The molecule has 4 nitrogen and oxygen atoms in total. The van der Waals surface area contributed by atoms with Crippen molar-refractivity contribution in [3.63, 3.8) is 0 Å². The van der Waals surface area contributed by atoms with E-state index in [1.807, 2.05) is 13.8 Å². The monoisotopic (exact) mass is 264 g/mol. The van der Waals surface area contributed by atoms with E-state index >= 15 is 0 Å². The van der Waals surface area contributed by atoms with Crippen molar-refractivity contribution in [1.82, 2.24) is 10.6 Å². The lowest BCUT2D eigenvalue weighted by atomic mass is 10.4. The van der Waals surface area contributed by atoms with Crippen molar-refractivity contribution in [2.75, 3.05) is 24.6 Å². The number of carbonyl (C=O) groups is 2. The lowest BCUT2D eigenvalue weighted by Crippen LogP contribution is -2.23. The van der Waals surface area contributed by atoms with Crippen LogP contribution in [-0.2, 0) is 9.59 Å². The number of nitrogens with one attached hydrogen (secondary N) is 2. The van der Waals surface area contributed by atoms with Gasteiger partial charge in [-0.25, -0.2) is 0 Å². The molecule has 0 aromatic heterocycles. The first-order chi connectivity index (χ1) is 7.70. The average molecular weight is 264 g/mol. The summed E-state index contributed by atoms with van der Waals surface area (Å²) in [7, 11) is 3.29. The van der Waals surface area contributed by atoms with Gasteiger partial charge in [0.05, 0.1) is 0 Å². The highest BCUT2D eigenvalue weighted by Gasteiger charge is 2.01. The van der Waals surface area contributed by atoms with Gasteiger partial charge in [0.15, 0.2) is 0 Å². The lowest BCUT2D eigenvalue weighted by molar-refractivity contribution is -0.121. The van der Waals surface area contributed by atoms with Crippen molar-refractivity contribution in [2.24, 2.45) is 0 Å². The second kappa shape index (κ2) is 11.1. The first kappa shape index (κ1) is 15.6. The van der Waals surface area contributed by atoms with Crippen molar-refractivity contribution >= 4 is 33.4 Å². The number of hydrogen-bond donors (Lipinski definition) is 2. The van der Waals surface area contributed by atoms with Crippen molar-refractivity contribution in [3.05, 3.63) is 0 Å². The molecule has 2 N–H and O–H groups in total. The summed E-state index contributed by atoms with van der Waals surface area (Å²) in [5.74, 6) is 1.79. The molecule has 0 saturated heterocycles. The van der Waals surface area contributed by atoms with Crippen molar-refractivity contribution in [1.29, 1.82) is 0 Å². The van der Waals surface area contributed by atoms with Crippen LogP contribution < -0.4 is 10.6 Å². The normalized spacial score (nSPS) is 9.88. The number of rotatable bonds is 9. The minimum atomic E-state index is 0.0966. The third-order valence-electron chi connectivity index (χ3n) is 1.66. The molecule has 6 heteroatoms. The fourth-order valence-corrected chi connectivity index (χ4v) is 2.94. The molecule has 94 valence electrons. The molecule has 0 fully saturated rings. The van der Waals surface area contributed by atoms with Gasteiger partial charge >= 0.3 is 0 Å². The number of carbonyl (C=O) groups excluding carboxylic acids is 2. The molecule has 0 spiro atoms. The zero-order valence-corrected chi connectivity index (χ0v) is 11.5. The summed E-state index contributed by atoms with van der Waals surface area (Å²) in [6.45, 7) is 5.19. The van der Waals surface area contributed by atoms with Crippen LogP contribution in [-0.4, -0.2) is 36.4 Å². The minimum Gasteiger partial charge on any atom is -0.356 e. The predicted molar refractivity (Wildman–Crippen MR) is 71.5 cm³/mol. The Balaban J connectivity index is 3.21. The molecule has 0 aliphatic carbocycles. The topological polar surface area (TPSA) is 58.2 Å². The first-order valence-corrected chi connectivity index (χ1v) is 7.97. The third kappa shape index (κ3) is 10.2. The summed E-state index contributed by atoms with van der Waals surface area (Å²) in [6, 6.07) is 0. The van der Waals surface area contributed by atoms with Crippen molar-refractivity contribution in [2.45, 2.75) is 26.7 Å². The van der Waals surface area contributed by atoms with E-state index < -0.39 is 0 Å². The summed E-state index contributed by atoms with van der Waals surface area (Å²) < 4.78 is 0. The SMILES string of the molecule is CCNC(=O)CCSSCCC(=O)NCC. The van der Waals surface area contributed by atoms with Crippen LogP contribution in [0.3, 0.4) is 0 Å². The van der Waals surface area contributed by atoms with Gasteiger partial charge in [0.2, 0.25) is 11.8 Å². The highest BCUT2D eigenvalue weighted by molar-refractivity contribution is 8.76. The quantitative estimate of drug-likeness (QED) is 0.488. The molecule has 0 radical (unpaired) electrons. The van der Waals surface area contributed by atoms with Gasteiger partial charge in [0, 0.05) is 37.4 Å². The largest absolute Gasteiger partial charge is 0.356 e. The van der Waals surface area contributed by atoms with Crippen molar-refractivity contribution < 1.29 is 9.59 Å². The Morgan fingerprint density at radius 3 is 1.56 bits per heavy atom. The average Bonchev–Trinajstić information content (AvgIpc) is 2.24. The van der Waals surface area contributed by atoms with Gasteiger partial charge in [-0.15, -0.1) is 0 Å². The van der Waals surface area contributed by atoms with Gasteiger partial charge in [-0.1, -0.05) is 21.6 Å². The van der Waals surface area contributed by atoms with Gasteiger partial charge in [-0.3, -0.25) is 9.59 Å². The number of hydrogen-bond acceptors (Lipinski definition) is 4. The standard InChI is InChI=1S/C10H20N2O2S2/c1-3-11-9(13)5-7-15-16-8-6-10(14)12-4-2/h3-8H2,1-2H3,(H,11,13)(H,12,14). The molecule has 0 rings (SSSR count). The van der Waals surface area contributed by atoms with E-state index in [4.69, 9.17) is 0 Å². The second-order valence-corrected chi connectivity index (χ2v) is 5.75. The Kier molecular flexibility index (Phi) is 10.9. The smallest absolute Gasteiger partial charge is 0.220 e. The van der Waals surface area contributed by atoms with Gasteiger partial charge in [0.25, 0.3) is 0 Å². The maximum absolute atomic E-state index is 11.1. The summed E-state index contributed by atoms with van der Waals surface area (Å²) in [5.41, 5.74) is 0. The van der Waals surface area contributed by atoms with E-state index in [9.17, 15) is 9.59 Å². The van der Waals surface area contributed by atoms with Crippen LogP contribution in [0.4, 0.5) is 0 Å². The maximum atomic E-state index is 11.1. The van der Waals surface area contributed by atoms with Gasteiger partial charge in [-0.05, 0) is 13.8 Å². The molecule has 0 aromatic rings. The summed E-state index contributed by atoms with van der Waals surface area (Å²) in [5, 5.41) is 5.49. The van der Waals surface area contributed by atoms with E-state index in [0.717, 1.165) is 11.5 Å². The van der Waals surface area contributed by atoms with Gasteiger partial charge in [-0.2, -0.15) is 0 Å². The van der Waals surface area contributed by atoms with E-state index in [2.05, 4.69) is 10.6 Å². The zero-order valence-electron chi connectivity index (χ0n) is 9.88. The molecule has 0 bridgehead atoms.